The summed E-state index contributed by atoms with van der Waals surface area (Å²) in [4.78, 5) is 11.8. The van der Waals surface area contributed by atoms with Crippen LogP contribution in [0.25, 0.3) is 11.4 Å². The molecule has 2 aromatic rings. The molecule has 0 bridgehead atoms. The van der Waals surface area contributed by atoms with Crippen molar-refractivity contribution in [1.82, 2.24) is 20.6 Å². The number of amides is 1. The smallest absolute Gasteiger partial charge is 0.250 e. The Bertz CT molecular complexity index is 658. The minimum absolute atomic E-state index is 0.0398. The number of aromatic nitrogens is 4. The lowest BCUT2D eigenvalue weighted by Gasteiger charge is -2.11. The predicted molar refractivity (Wildman–Crippen MR) is 78.0 cm³/mol. The van der Waals surface area contributed by atoms with Gasteiger partial charge in [-0.15, -0.1) is 10.2 Å². The number of benzene rings is 1. The van der Waals surface area contributed by atoms with Gasteiger partial charge in [0.05, 0.1) is 18.4 Å². The number of nitrogens with one attached hydrogen (secondary N) is 2. The fourth-order valence-corrected chi connectivity index (χ4v) is 2.29. The Balaban J connectivity index is 1.56. The van der Waals surface area contributed by atoms with Crippen molar-refractivity contribution in [2.45, 2.75) is 18.9 Å². The van der Waals surface area contributed by atoms with Crippen LogP contribution in [-0.4, -0.2) is 52.5 Å². The monoisotopic (exact) mass is 321 g/mol. The number of anilines is 1. The third-order valence-corrected chi connectivity index (χ3v) is 3.40. The summed E-state index contributed by atoms with van der Waals surface area (Å²) >= 11 is 0. The number of carbonyl (C=O) groups is 1. The van der Waals surface area contributed by atoms with Crippen LogP contribution in [0.3, 0.4) is 0 Å². The molecule has 2 heterocycles. The van der Waals surface area contributed by atoms with Gasteiger partial charge in [-0.3, -0.25) is 4.79 Å². The molecule has 1 fully saturated rings. The standard InChI is InChI=1S/C14H16FN5O3/c15-11-4-3-9(14-17-19-20-18-14)6-12(11)16-13(21)8-22-7-10-2-1-5-23-10/h3-4,6,10H,1-2,5,7-8H2,(H,16,21)(H,17,18,19,20). The number of H-pyrrole nitrogens is 1. The number of hydrogen-bond donors (Lipinski definition) is 2. The minimum Gasteiger partial charge on any atom is -0.376 e. The molecule has 1 aliphatic heterocycles. The van der Waals surface area contributed by atoms with E-state index in [-0.39, 0.29) is 18.4 Å². The van der Waals surface area contributed by atoms with E-state index in [1.807, 2.05) is 0 Å². The molecule has 1 unspecified atom stereocenters. The highest BCUT2D eigenvalue weighted by Crippen LogP contribution is 2.21. The van der Waals surface area contributed by atoms with Crippen molar-refractivity contribution in [3.8, 4) is 11.4 Å². The van der Waals surface area contributed by atoms with E-state index in [0.29, 0.717) is 18.0 Å². The highest BCUT2D eigenvalue weighted by molar-refractivity contribution is 5.92. The molecule has 2 N–H and O–H groups in total. The van der Waals surface area contributed by atoms with Crippen molar-refractivity contribution in [1.29, 1.82) is 0 Å². The number of nitrogens with zero attached hydrogens (tertiary/aromatic N) is 3. The quantitative estimate of drug-likeness (QED) is 0.827. The van der Waals surface area contributed by atoms with Gasteiger partial charge in [-0.05, 0) is 36.3 Å². The zero-order chi connectivity index (χ0) is 16.1. The zero-order valence-corrected chi connectivity index (χ0v) is 12.3. The van der Waals surface area contributed by atoms with E-state index < -0.39 is 11.7 Å². The van der Waals surface area contributed by atoms with Crippen LogP contribution in [0.2, 0.25) is 0 Å². The van der Waals surface area contributed by atoms with Crippen LogP contribution < -0.4 is 5.32 Å². The van der Waals surface area contributed by atoms with Gasteiger partial charge in [0.15, 0.2) is 0 Å². The van der Waals surface area contributed by atoms with Crippen LogP contribution in [0.1, 0.15) is 12.8 Å². The number of ether oxygens (including phenoxy) is 2. The second kappa shape index (κ2) is 7.25. The summed E-state index contributed by atoms with van der Waals surface area (Å²) in [5.74, 6) is -0.674. The molecule has 1 aromatic carbocycles. The van der Waals surface area contributed by atoms with Crippen molar-refractivity contribution in [3.63, 3.8) is 0 Å². The van der Waals surface area contributed by atoms with Gasteiger partial charge in [-0.25, -0.2) is 4.39 Å². The molecular weight excluding hydrogens is 305 g/mol. The number of hydrogen-bond acceptors (Lipinski definition) is 6. The van der Waals surface area contributed by atoms with Crippen LogP contribution >= 0.6 is 0 Å². The minimum atomic E-state index is -0.551. The fourth-order valence-electron chi connectivity index (χ4n) is 2.29. The molecule has 1 atom stereocenters. The van der Waals surface area contributed by atoms with Crippen molar-refractivity contribution in [3.05, 3.63) is 24.0 Å². The van der Waals surface area contributed by atoms with E-state index in [1.165, 1.54) is 18.2 Å². The SMILES string of the molecule is O=C(COCC1CCCO1)Nc1cc(-c2nn[nH]n2)ccc1F. The number of aromatic amines is 1. The van der Waals surface area contributed by atoms with Crippen LogP contribution in [0, 0.1) is 5.82 Å². The molecule has 9 heteroatoms. The van der Waals surface area contributed by atoms with Gasteiger partial charge in [0.2, 0.25) is 11.7 Å². The maximum absolute atomic E-state index is 13.8. The topological polar surface area (TPSA) is 102 Å². The van der Waals surface area contributed by atoms with Gasteiger partial charge in [-0.2, -0.15) is 5.21 Å². The maximum atomic E-state index is 13.8. The van der Waals surface area contributed by atoms with Crippen molar-refractivity contribution < 1.29 is 18.7 Å². The second-order valence-corrected chi connectivity index (χ2v) is 5.13. The molecule has 0 saturated carbocycles. The number of tetrazole rings is 1. The lowest BCUT2D eigenvalue weighted by molar-refractivity contribution is -0.121. The first kappa shape index (κ1) is 15.5. The van der Waals surface area contributed by atoms with Gasteiger partial charge in [0.25, 0.3) is 0 Å². The van der Waals surface area contributed by atoms with E-state index in [0.717, 1.165) is 19.4 Å². The highest BCUT2D eigenvalue weighted by atomic mass is 19.1. The Kier molecular flexibility index (Phi) is 4.89. The molecule has 3 rings (SSSR count). The third kappa shape index (κ3) is 4.08. The van der Waals surface area contributed by atoms with E-state index in [9.17, 15) is 9.18 Å². The molecule has 1 aromatic heterocycles. The summed E-state index contributed by atoms with van der Waals surface area (Å²) in [5.41, 5.74) is 0.578. The van der Waals surface area contributed by atoms with Gasteiger partial charge >= 0.3 is 0 Å². The van der Waals surface area contributed by atoms with Crippen LogP contribution in [-0.2, 0) is 14.3 Å². The predicted octanol–water partition coefficient (Wildman–Crippen LogP) is 1.14. The summed E-state index contributed by atoms with van der Waals surface area (Å²) in [6.45, 7) is 0.929. The highest BCUT2D eigenvalue weighted by Gasteiger charge is 2.16. The summed E-state index contributed by atoms with van der Waals surface area (Å²) < 4.78 is 24.5. The molecule has 1 saturated heterocycles. The Hall–Kier alpha value is -2.39. The van der Waals surface area contributed by atoms with Gasteiger partial charge in [0, 0.05) is 12.2 Å². The number of halogens is 1. The van der Waals surface area contributed by atoms with Crippen molar-refractivity contribution >= 4 is 11.6 Å². The first-order chi connectivity index (χ1) is 11.2. The molecule has 1 amide bonds. The Morgan fingerprint density at radius 3 is 3.17 bits per heavy atom. The third-order valence-electron chi connectivity index (χ3n) is 3.40. The Labute approximate surface area is 131 Å². The van der Waals surface area contributed by atoms with Crippen LogP contribution in [0.4, 0.5) is 10.1 Å². The summed E-state index contributed by atoms with van der Waals surface area (Å²) in [6, 6.07) is 4.18. The summed E-state index contributed by atoms with van der Waals surface area (Å²) in [6.07, 6.45) is 1.98. The van der Waals surface area contributed by atoms with Gasteiger partial charge < -0.3 is 14.8 Å². The largest absolute Gasteiger partial charge is 0.376 e. The summed E-state index contributed by atoms with van der Waals surface area (Å²) in [5, 5.41) is 15.8. The number of rotatable bonds is 6. The Morgan fingerprint density at radius 1 is 1.52 bits per heavy atom. The first-order valence-electron chi connectivity index (χ1n) is 7.25. The van der Waals surface area contributed by atoms with E-state index >= 15 is 0 Å². The van der Waals surface area contributed by atoms with Gasteiger partial charge in [-0.1, -0.05) is 0 Å². The lowest BCUT2D eigenvalue weighted by Crippen LogP contribution is -2.23. The average Bonchev–Trinajstić information content (AvgIpc) is 3.22. The zero-order valence-electron chi connectivity index (χ0n) is 12.3. The second-order valence-electron chi connectivity index (χ2n) is 5.13. The maximum Gasteiger partial charge on any atom is 0.250 e. The van der Waals surface area contributed by atoms with Gasteiger partial charge in [0.1, 0.15) is 12.4 Å². The van der Waals surface area contributed by atoms with Crippen molar-refractivity contribution in [2.24, 2.45) is 0 Å². The van der Waals surface area contributed by atoms with E-state index in [2.05, 4.69) is 25.9 Å². The number of carbonyl (C=O) groups excluding carboxylic acids is 1. The molecule has 122 valence electrons. The molecule has 23 heavy (non-hydrogen) atoms. The lowest BCUT2D eigenvalue weighted by atomic mass is 10.2. The van der Waals surface area contributed by atoms with Crippen LogP contribution in [0.5, 0.6) is 0 Å². The summed E-state index contributed by atoms with van der Waals surface area (Å²) in [7, 11) is 0. The molecule has 0 spiro atoms. The molecule has 1 aliphatic rings. The van der Waals surface area contributed by atoms with Crippen molar-refractivity contribution in [2.75, 3.05) is 25.1 Å². The van der Waals surface area contributed by atoms with E-state index in [4.69, 9.17) is 9.47 Å². The Morgan fingerprint density at radius 2 is 2.43 bits per heavy atom. The average molecular weight is 321 g/mol. The normalized spacial score (nSPS) is 17.3. The van der Waals surface area contributed by atoms with Crippen LogP contribution in [0.15, 0.2) is 18.2 Å². The molecule has 0 radical (unpaired) electrons. The fraction of sp³-hybridized carbons (Fsp3) is 0.429. The van der Waals surface area contributed by atoms with E-state index in [1.54, 1.807) is 0 Å². The molecule has 0 aliphatic carbocycles. The molecular formula is C14H16FN5O3. The molecule has 8 nitrogen and oxygen atoms in total. The first-order valence-corrected chi connectivity index (χ1v) is 7.25.